The first-order valence-electron chi connectivity index (χ1n) is 2.25. The van der Waals surface area contributed by atoms with Gasteiger partial charge < -0.3 is 4.52 Å². The van der Waals surface area contributed by atoms with Crippen LogP contribution >= 0.6 is 12.4 Å². The molecule has 3 N–H and O–H groups in total. The Morgan fingerprint density at radius 3 is 2.90 bits per heavy atom. The largest absolute Gasteiger partial charge is 0.364 e. The lowest BCUT2D eigenvalue weighted by molar-refractivity contribution is 0.0953. The molecule has 0 fully saturated rings. The van der Waals surface area contributed by atoms with Crippen molar-refractivity contribution >= 4 is 18.3 Å². The summed E-state index contributed by atoms with van der Waals surface area (Å²) in [6.45, 7) is 0. The predicted molar refractivity (Wildman–Crippen MR) is 35.4 cm³/mol. The van der Waals surface area contributed by atoms with Crippen LogP contribution in [0.2, 0.25) is 0 Å². The molecule has 0 unspecified atom stereocenters. The number of aromatic nitrogens is 1. The average molecular weight is 164 g/mol. The molecule has 0 bridgehead atoms. The molecule has 0 aliphatic heterocycles. The molecule has 0 aromatic carbocycles. The molecule has 1 amide bonds. The molecule has 10 heavy (non-hydrogen) atoms. The van der Waals surface area contributed by atoms with E-state index in [2.05, 4.69) is 9.68 Å². The summed E-state index contributed by atoms with van der Waals surface area (Å²) < 4.78 is 4.37. The van der Waals surface area contributed by atoms with Crippen LogP contribution in [0.25, 0.3) is 0 Å². The Balaban J connectivity index is 0.000000810. The molecule has 1 aromatic heterocycles. The Labute approximate surface area is 62.9 Å². The molecule has 6 heteroatoms. The Morgan fingerprint density at radius 1 is 1.80 bits per heavy atom. The minimum Gasteiger partial charge on any atom is -0.364 e. The van der Waals surface area contributed by atoms with Crippen LogP contribution in [0, 0.1) is 0 Å². The van der Waals surface area contributed by atoms with E-state index < -0.39 is 5.91 Å². The van der Waals surface area contributed by atoms with E-state index in [1.165, 1.54) is 12.5 Å². The Bertz CT molecular complexity index is 198. The smallest absolute Gasteiger partial charge is 0.270 e. The number of amides is 1. The van der Waals surface area contributed by atoms with E-state index in [1.54, 1.807) is 0 Å². The van der Waals surface area contributed by atoms with Crippen molar-refractivity contribution in [1.82, 2.24) is 10.6 Å². The van der Waals surface area contributed by atoms with Gasteiger partial charge in [0.2, 0.25) is 0 Å². The number of hydrazine groups is 1. The Morgan fingerprint density at radius 2 is 2.50 bits per heavy atom. The van der Waals surface area contributed by atoms with Gasteiger partial charge in [-0.15, -0.1) is 12.4 Å². The number of hydrogen-bond acceptors (Lipinski definition) is 4. The minimum absolute atomic E-state index is 0. The second-order valence-electron chi connectivity index (χ2n) is 1.39. The van der Waals surface area contributed by atoms with Crippen LogP contribution in [0.3, 0.4) is 0 Å². The zero-order valence-corrected chi connectivity index (χ0v) is 5.72. The summed E-state index contributed by atoms with van der Waals surface area (Å²) in [5, 5.41) is 3.30. The lowest BCUT2D eigenvalue weighted by atomic mass is 10.4. The highest BCUT2D eigenvalue weighted by Gasteiger charge is 2.03. The summed E-state index contributed by atoms with van der Waals surface area (Å²) in [7, 11) is 0. The summed E-state index contributed by atoms with van der Waals surface area (Å²) in [5.41, 5.74) is 2.25. The van der Waals surface area contributed by atoms with Gasteiger partial charge in [-0.1, -0.05) is 5.16 Å². The standard InChI is InChI=1S/C4H5N3O2.ClH/c5-7-4(8)3-1-6-9-2-3;/h1-2H,5H2,(H,7,8);1H. The van der Waals surface area contributed by atoms with Gasteiger partial charge in [0, 0.05) is 0 Å². The van der Waals surface area contributed by atoms with Crippen molar-refractivity contribution < 1.29 is 9.32 Å². The highest BCUT2D eigenvalue weighted by Crippen LogP contribution is 1.93. The molecule has 56 valence electrons. The van der Waals surface area contributed by atoms with Crippen molar-refractivity contribution in [3.8, 4) is 0 Å². The molecule has 1 heterocycles. The summed E-state index contributed by atoms with van der Waals surface area (Å²) in [5.74, 6) is 4.39. The molecule has 0 spiro atoms. The maximum absolute atomic E-state index is 10.5. The molecule has 1 rings (SSSR count). The van der Waals surface area contributed by atoms with Gasteiger partial charge in [-0.05, 0) is 0 Å². The minimum atomic E-state index is -0.406. The number of nitrogens with two attached hydrogens (primary N) is 1. The average Bonchev–Trinajstić information content (AvgIpc) is 2.37. The van der Waals surface area contributed by atoms with Gasteiger partial charge >= 0.3 is 0 Å². The van der Waals surface area contributed by atoms with Crippen LogP contribution in [0.5, 0.6) is 0 Å². The van der Waals surface area contributed by atoms with Crippen molar-refractivity contribution in [2.75, 3.05) is 0 Å². The Kier molecular flexibility index (Phi) is 3.45. The van der Waals surface area contributed by atoms with Crippen LogP contribution in [0.15, 0.2) is 17.0 Å². The normalized spacial score (nSPS) is 8.10. The molecule has 0 aliphatic rings. The quantitative estimate of drug-likeness (QED) is 0.338. The molecule has 0 aliphatic carbocycles. The second-order valence-corrected chi connectivity index (χ2v) is 1.39. The van der Waals surface area contributed by atoms with Crippen molar-refractivity contribution in [3.05, 3.63) is 18.0 Å². The fourth-order valence-corrected chi connectivity index (χ4v) is 0.400. The van der Waals surface area contributed by atoms with Gasteiger partial charge in [-0.3, -0.25) is 10.2 Å². The number of carbonyl (C=O) groups is 1. The monoisotopic (exact) mass is 163 g/mol. The third kappa shape index (κ3) is 1.71. The van der Waals surface area contributed by atoms with Crippen molar-refractivity contribution in [1.29, 1.82) is 0 Å². The molecule has 0 saturated carbocycles. The molecular formula is C4H6ClN3O2. The fraction of sp³-hybridized carbons (Fsp3) is 0. The van der Waals surface area contributed by atoms with Gasteiger partial charge in [0.05, 0.1) is 6.20 Å². The van der Waals surface area contributed by atoms with Crippen molar-refractivity contribution in [2.24, 2.45) is 5.84 Å². The second kappa shape index (κ2) is 3.86. The number of carbonyl (C=O) groups excluding carboxylic acids is 1. The molecule has 0 atom stereocenters. The number of rotatable bonds is 1. The van der Waals surface area contributed by atoms with Crippen LogP contribution < -0.4 is 11.3 Å². The van der Waals surface area contributed by atoms with Crippen molar-refractivity contribution in [3.63, 3.8) is 0 Å². The predicted octanol–water partition coefficient (Wildman–Crippen LogP) is -0.300. The lowest BCUT2D eigenvalue weighted by Gasteiger charge is -1.88. The van der Waals surface area contributed by atoms with E-state index in [0.29, 0.717) is 5.56 Å². The van der Waals surface area contributed by atoms with E-state index in [1.807, 2.05) is 5.43 Å². The van der Waals surface area contributed by atoms with Crippen LogP contribution in [0.4, 0.5) is 0 Å². The number of nitrogens with zero attached hydrogens (tertiary/aromatic N) is 1. The fourth-order valence-electron chi connectivity index (χ4n) is 0.400. The summed E-state index contributed by atoms with van der Waals surface area (Å²) in [4.78, 5) is 10.5. The first kappa shape index (κ1) is 8.93. The van der Waals surface area contributed by atoms with Gasteiger partial charge in [-0.2, -0.15) is 0 Å². The van der Waals surface area contributed by atoms with Gasteiger partial charge in [-0.25, -0.2) is 5.84 Å². The lowest BCUT2D eigenvalue weighted by Crippen LogP contribution is -2.29. The zero-order chi connectivity index (χ0) is 6.69. The molecule has 0 saturated heterocycles. The van der Waals surface area contributed by atoms with E-state index in [4.69, 9.17) is 5.84 Å². The number of halogens is 1. The molecule has 0 radical (unpaired) electrons. The molecular weight excluding hydrogens is 158 g/mol. The van der Waals surface area contributed by atoms with Crippen LogP contribution in [-0.4, -0.2) is 11.1 Å². The first-order chi connectivity index (χ1) is 4.34. The van der Waals surface area contributed by atoms with E-state index in [9.17, 15) is 4.79 Å². The highest BCUT2D eigenvalue weighted by atomic mass is 35.5. The maximum atomic E-state index is 10.5. The third-order valence-corrected chi connectivity index (χ3v) is 0.826. The number of hydrogen-bond donors (Lipinski definition) is 2. The van der Waals surface area contributed by atoms with E-state index >= 15 is 0 Å². The maximum Gasteiger partial charge on any atom is 0.270 e. The molecule has 1 aromatic rings. The van der Waals surface area contributed by atoms with E-state index in [-0.39, 0.29) is 12.4 Å². The molecule has 5 nitrogen and oxygen atoms in total. The summed E-state index contributed by atoms with van der Waals surface area (Å²) in [6, 6.07) is 0. The van der Waals surface area contributed by atoms with E-state index in [0.717, 1.165) is 0 Å². The van der Waals surface area contributed by atoms with Crippen LogP contribution in [0.1, 0.15) is 10.4 Å². The Hall–Kier alpha value is -1.07. The highest BCUT2D eigenvalue weighted by molar-refractivity contribution is 5.92. The summed E-state index contributed by atoms with van der Waals surface area (Å²) >= 11 is 0. The van der Waals surface area contributed by atoms with Gasteiger partial charge in [0.25, 0.3) is 5.91 Å². The number of nitrogens with one attached hydrogen (secondary N) is 1. The van der Waals surface area contributed by atoms with Gasteiger partial charge in [0.1, 0.15) is 11.8 Å². The van der Waals surface area contributed by atoms with Crippen molar-refractivity contribution in [2.45, 2.75) is 0 Å². The topological polar surface area (TPSA) is 81.1 Å². The van der Waals surface area contributed by atoms with Gasteiger partial charge in [0.15, 0.2) is 0 Å². The SMILES string of the molecule is Cl.NNC(=O)c1cnoc1. The first-order valence-corrected chi connectivity index (χ1v) is 2.25. The summed E-state index contributed by atoms with van der Waals surface area (Å²) in [6.07, 6.45) is 2.49. The third-order valence-electron chi connectivity index (χ3n) is 0.826. The van der Waals surface area contributed by atoms with Crippen LogP contribution in [-0.2, 0) is 0 Å². The zero-order valence-electron chi connectivity index (χ0n) is 4.90. The number of nitrogen functional groups attached to an aromatic ring is 1.